The van der Waals surface area contributed by atoms with E-state index in [1.54, 1.807) is 18.3 Å². The van der Waals surface area contributed by atoms with Gasteiger partial charge in [0.15, 0.2) is 0 Å². The van der Waals surface area contributed by atoms with Crippen molar-refractivity contribution in [1.29, 1.82) is 0 Å². The summed E-state index contributed by atoms with van der Waals surface area (Å²) in [7, 11) is 0. The molecule has 4 rings (SSSR count). The summed E-state index contributed by atoms with van der Waals surface area (Å²) in [5, 5.41) is 15.9. The predicted molar refractivity (Wildman–Crippen MR) is 96.5 cm³/mol. The third-order valence-electron chi connectivity index (χ3n) is 4.18. The molecule has 4 aromatic rings. The van der Waals surface area contributed by atoms with Crippen LogP contribution in [0.5, 0.6) is 0 Å². The Kier molecular flexibility index (Phi) is 3.53. The van der Waals surface area contributed by atoms with Gasteiger partial charge in [-0.2, -0.15) is 0 Å². The summed E-state index contributed by atoms with van der Waals surface area (Å²) in [5.74, 6) is 0.807. The van der Waals surface area contributed by atoms with E-state index in [0.717, 1.165) is 27.9 Å². The minimum absolute atomic E-state index is 0.0463. The number of imidazole rings is 1. The maximum absolute atomic E-state index is 11.2. The van der Waals surface area contributed by atoms with E-state index < -0.39 is 4.92 Å². The normalized spacial score (nSPS) is 12.4. The van der Waals surface area contributed by atoms with Crippen LogP contribution in [0, 0.1) is 10.1 Å². The number of hydrogen-bond acceptors (Lipinski definition) is 5. The van der Waals surface area contributed by atoms with Crippen LogP contribution in [-0.4, -0.2) is 19.9 Å². The molecule has 0 aliphatic heterocycles. The van der Waals surface area contributed by atoms with E-state index in [0.29, 0.717) is 5.39 Å². The molecule has 0 fully saturated rings. The summed E-state index contributed by atoms with van der Waals surface area (Å²) in [6.07, 6.45) is 3.15. The standard InChI is InChI=1S/C18H15N5O2/c1-11(18-21-15-4-2-3-5-16(15)22-18)20-14-6-7-17(23(24)25)13-10-19-9-8-12(13)14/h2-11,20H,1H3,(H,21,22). The number of nitrogens with one attached hydrogen (secondary N) is 2. The van der Waals surface area contributed by atoms with E-state index in [4.69, 9.17) is 0 Å². The first-order chi connectivity index (χ1) is 12.1. The fourth-order valence-electron chi connectivity index (χ4n) is 2.94. The molecule has 0 aliphatic rings. The van der Waals surface area contributed by atoms with Crippen molar-refractivity contribution in [2.24, 2.45) is 0 Å². The molecule has 2 heterocycles. The molecule has 2 N–H and O–H groups in total. The van der Waals surface area contributed by atoms with Crippen molar-refractivity contribution in [3.63, 3.8) is 0 Å². The Morgan fingerprint density at radius 2 is 2.00 bits per heavy atom. The van der Waals surface area contributed by atoms with Crippen LogP contribution in [0.15, 0.2) is 54.9 Å². The summed E-state index contributed by atoms with van der Waals surface area (Å²) in [4.78, 5) is 22.7. The van der Waals surface area contributed by atoms with Crippen molar-refractivity contribution in [3.05, 3.63) is 70.8 Å². The number of para-hydroxylation sites is 2. The number of aromatic amines is 1. The summed E-state index contributed by atoms with van der Waals surface area (Å²) in [6, 6.07) is 12.7. The molecule has 124 valence electrons. The molecule has 1 atom stereocenters. The lowest BCUT2D eigenvalue weighted by molar-refractivity contribution is -0.383. The van der Waals surface area contributed by atoms with Crippen LogP contribution in [-0.2, 0) is 0 Å². The van der Waals surface area contributed by atoms with Crippen LogP contribution in [0.3, 0.4) is 0 Å². The Bertz CT molecular complexity index is 1060. The molecule has 7 nitrogen and oxygen atoms in total. The SMILES string of the molecule is CC(Nc1ccc([N+](=O)[O-])c2cnccc12)c1nc2ccccc2[nH]1. The fourth-order valence-corrected chi connectivity index (χ4v) is 2.94. The summed E-state index contributed by atoms with van der Waals surface area (Å²) >= 11 is 0. The zero-order valence-electron chi connectivity index (χ0n) is 13.4. The predicted octanol–water partition coefficient (Wildman–Crippen LogP) is 4.19. The molecule has 7 heteroatoms. The lowest BCUT2D eigenvalue weighted by atomic mass is 10.1. The second-order valence-corrected chi connectivity index (χ2v) is 5.82. The number of nitrogens with zero attached hydrogens (tertiary/aromatic N) is 3. The second-order valence-electron chi connectivity index (χ2n) is 5.82. The Morgan fingerprint density at radius 3 is 2.80 bits per heavy atom. The Morgan fingerprint density at radius 1 is 1.16 bits per heavy atom. The van der Waals surface area contributed by atoms with Gasteiger partial charge in [0.05, 0.1) is 27.4 Å². The number of rotatable bonds is 4. The maximum atomic E-state index is 11.2. The van der Waals surface area contributed by atoms with Gasteiger partial charge in [-0.3, -0.25) is 15.1 Å². The van der Waals surface area contributed by atoms with Gasteiger partial charge in [0.1, 0.15) is 5.82 Å². The summed E-state index contributed by atoms with van der Waals surface area (Å²) < 4.78 is 0. The summed E-state index contributed by atoms with van der Waals surface area (Å²) in [5.41, 5.74) is 2.73. The first kappa shape index (κ1) is 15.1. The van der Waals surface area contributed by atoms with Gasteiger partial charge in [0, 0.05) is 29.5 Å². The molecule has 0 amide bonds. The van der Waals surface area contributed by atoms with Crippen molar-refractivity contribution in [2.75, 3.05) is 5.32 Å². The number of anilines is 1. The van der Waals surface area contributed by atoms with Crippen molar-refractivity contribution >= 4 is 33.2 Å². The van der Waals surface area contributed by atoms with Crippen molar-refractivity contribution < 1.29 is 4.92 Å². The zero-order chi connectivity index (χ0) is 17.4. The molecular formula is C18H15N5O2. The number of fused-ring (bicyclic) bond motifs is 2. The number of pyridine rings is 1. The Labute approximate surface area is 142 Å². The van der Waals surface area contributed by atoms with Gasteiger partial charge >= 0.3 is 0 Å². The number of nitro groups is 1. The molecule has 0 saturated carbocycles. The molecule has 0 radical (unpaired) electrons. The van der Waals surface area contributed by atoms with Gasteiger partial charge in [-0.05, 0) is 31.2 Å². The van der Waals surface area contributed by atoms with Crippen LogP contribution in [0.1, 0.15) is 18.8 Å². The lowest BCUT2D eigenvalue weighted by Gasteiger charge is -2.15. The molecule has 0 saturated heterocycles. The topological polar surface area (TPSA) is 96.7 Å². The minimum atomic E-state index is -0.392. The van der Waals surface area contributed by atoms with E-state index in [9.17, 15) is 10.1 Å². The monoisotopic (exact) mass is 333 g/mol. The van der Waals surface area contributed by atoms with Crippen molar-refractivity contribution in [3.8, 4) is 0 Å². The highest BCUT2D eigenvalue weighted by atomic mass is 16.6. The highest BCUT2D eigenvalue weighted by Gasteiger charge is 2.17. The number of nitro benzene ring substituents is 1. The average molecular weight is 333 g/mol. The minimum Gasteiger partial charge on any atom is -0.375 e. The zero-order valence-corrected chi connectivity index (χ0v) is 13.4. The van der Waals surface area contributed by atoms with E-state index >= 15 is 0 Å². The first-order valence-corrected chi connectivity index (χ1v) is 7.86. The highest BCUT2D eigenvalue weighted by molar-refractivity contribution is 5.99. The molecule has 1 unspecified atom stereocenters. The second kappa shape index (κ2) is 5.86. The number of hydrogen-bond donors (Lipinski definition) is 2. The third kappa shape index (κ3) is 2.65. The largest absolute Gasteiger partial charge is 0.375 e. The first-order valence-electron chi connectivity index (χ1n) is 7.86. The van der Waals surface area contributed by atoms with E-state index in [-0.39, 0.29) is 11.7 Å². The van der Waals surface area contributed by atoms with Crippen molar-refractivity contribution in [2.45, 2.75) is 13.0 Å². The average Bonchev–Trinajstić information content (AvgIpc) is 3.06. The number of benzene rings is 2. The molecule has 2 aromatic carbocycles. The van der Waals surface area contributed by atoms with E-state index in [1.165, 1.54) is 12.3 Å². The van der Waals surface area contributed by atoms with E-state index in [1.807, 2.05) is 31.2 Å². The van der Waals surface area contributed by atoms with Gasteiger partial charge in [0.25, 0.3) is 5.69 Å². The molecule has 2 aromatic heterocycles. The lowest BCUT2D eigenvalue weighted by Crippen LogP contribution is -2.09. The summed E-state index contributed by atoms with van der Waals surface area (Å²) in [6.45, 7) is 1.99. The Balaban J connectivity index is 1.73. The van der Waals surface area contributed by atoms with Gasteiger partial charge < -0.3 is 10.3 Å². The van der Waals surface area contributed by atoms with E-state index in [2.05, 4.69) is 20.3 Å². The molecular weight excluding hydrogens is 318 g/mol. The quantitative estimate of drug-likeness (QED) is 0.431. The molecule has 25 heavy (non-hydrogen) atoms. The van der Waals surface area contributed by atoms with Crippen LogP contribution in [0.4, 0.5) is 11.4 Å². The number of H-pyrrole nitrogens is 1. The van der Waals surface area contributed by atoms with Gasteiger partial charge in [-0.25, -0.2) is 4.98 Å². The molecule has 0 spiro atoms. The van der Waals surface area contributed by atoms with Gasteiger partial charge in [-0.1, -0.05) is 12.1 Å². The highest BCUT2D eigenvalue weighted by Crippen LogP contribution is 2.32. The molecule has 0 bridgehead atoms. The smallest absolute Gasteiger partial charge is 0.278 e. The molecule has 0 aliphatic carbocycles. The third-order valence-corrected chi connectivity index (χ3v) is 4.18. The maximum Gasteiger partial charge on any atom is 0.278 e. The van der Waals surface area contributed by atoms with Gasteiger partial charge in [-0.15, -0.1) is 0 Å². The van der Waals surface area contributed by atoms with Crippen LogP contribution < -0.4 is 5.32 Å². The van der Waals surface area contributed by atoms with Gasteiger partial charge in [0.2, 0.25) is 0 Å². The van der Waals surface area contributed by atoms with Crippen LogP contribution in [0.25, 0.3) is 21.8 Å². The Hall–Kier alpha value is -3.48. The van der Waals surface area contributed by atoms with Crippen molar-refractivity contribution in [1.82, 2.24) is 15.0 Å². The fraction of sp³-hybridized carbons (Fsp3) is 0.111. The van der Waals surface area contributed by atoms with Crippen LogP contribution >= 0.6 is 0 Å². The number of aromatic nitrogens is 3. The number of non-ortho nitro benzene ring substituents is 1. The van der Waals surface area contributed by atoms with Crippen LogP contribution in [0.2, 0.25) is 0 Å².